The Bertz CT molecular complexity index is 265. The van der Waals surface area contributed by atoms with Crippen molar-refractivity contribution in [1.29, 1.82) is 0 Å². The average molecular weight is 363 g/mol. The van der Waals surface area contributed by atoms with Crippen LogP contribution in [0.2, 0.25) is 0 Å². The monoisotopic (exact) mass is 362 g/mol. The number of hydrogen-bond acceptors (Lipinski definition) is 6. The van der Waals surface area contributed by atoms with E-state index in [1.54, 1.807) is 13.8 Å². The molecule has 0 spiro atoms. The van der Waals surface area contributed by atoms with Gasteiger partial charge in [0, 0.05) is 23.3 Å². The van der Waals surface area contributed by atoms with Gasteiger partial charge in [-0.05, 0) is 13.8 Å². The Morgan fingerprint density at radius 2 is 1.25 bits per heavy atom. The van der Waals surface area contributed by atoms with Gasteiger partial charge < -0.3 is 9.47 Å². The molecule has 0 aromatic rings. The van der Waals surface area contributed by atoms with Crippen LogP contribution < -0.4 is 0 Å². The number of carbonyl (C=O) groups is 2. The average Bonchev–Trinajstić information content (AvgIpc) is 2.39. The first kappa shape index (κ1) is 20.2. The number of hydrogen-bond donors (Lipinski definition) is 0. The molecule has 0 aliphatic rings. The zero-order chi connectivity index (χ0) is 15.4. The van der Waals surface area contributed by atoms with Gasteiger partial charge in [-0.3, -0.25) is 9.59 Å². The molecule has 0 amide bonds. The van der Waals surface area contributed by atoms with E-state index in [9.17, 15) is 9.59 Å². The summed E-state index contributed by atoms with van der Waals surface area (Å²) >= 11 is 13.8. The lowest BCUT2D eigenvalue weighted by molar-refractivity contribution is -0.161. The van der Waals surface area contributed by atoms with Crippen LogP contribution in [0.25, 0.3) is 0 Å². The highest BCUT2D eigenvalue weighted by Gasteiger charge is 2.20. The first-order valence-corrected chi connectivity index (χ1v) is 9.55. The molecular formula is C12H20Cl2O4S2. The molecule has 0 N–H and O–H groups in total. The lowest BCUT2D eigenvalue weighted by atomic mass is 10.2. The van der Waals surface area contributed by atoms with Gasteiger partial charge in [-0.2, -0.15) is 0 Å². The molecular weight excluding hydrogens is 343 g/mol. The van der Waals surface area contributed by atoms with E-state index in [4.69, 9.17) is 32.7 Å². The predicted molar refractivity (Wildman–Crippen MR) is 87.2 cm³/mol. The molecule has 0 aromatic carbocycles. The summed E-state index contributed by atoms with van der Waals surface area (Å²) in [6, 6.07) is 0. The molecule has 0 saturated carbocycles. The smallest absolute Gasteiger partial charge is 0.316 e. The van der Waals surface area contributed by atoms with Crippen LogP contribution in [0.15, 0.2) is 0 Å². The van der Waals surface area contributed by atoms with Gasteiger partial charge in [-0.25, -0.2) is 0 Å². The second-order valence-corrected chi connectivity index (χ2v) is 6.84. The Morgan fingerprint density at radius 1 is 0.900 bits per heavy atom. The highest BCUT2D eigenvalue weighted by Crippen LogP contribution is 2.09. The largest absolute Gasteiger partial charge is 0.458 e. The molecule has 2 atom stereocenters. The molecule has 0 saturated heterocycles. The van der Waals surface area contributed by atoms with Crippen molar-refractivity contribution < 1.29 is 19.1 Å². The molecule has 4 nitrogen and oxygen atoms in total. The van der Waals surface area contributed by atoms with E-state index in [1.165, 1.54) is 23.5 Å². The van der Waals surface area contributed by atoms with Gasteiger partial charge in [0.1, 0.15) is 12.2 Å². The number of halogens is 2. The molecule has 2 unspecified atom stereocenters. The highest BCUT2D eigenvalue weighted by molar-refractivity contribution is 8.00. The molecule has 0 radical (unpaired) electrons. The van der Waals surface area contributed by atoms with Gasteiger partial charge in [-0.1, -0.05) is 0 Å². The van der Waals surface area contributed by atoms with Crippen LogP contribution >= 0.6 is 46.7 Å². The number of thioether (sulfide) groups is 2. The molecule has 20 heavy (non-hydrogen) atoms. The SMILES string of the molecule is CC(OC(=O)CSCCCl)C(C)OC(=O)CSCCCl. The third-order valence-corrected chi connectivity index (χ3v) is 4.87. The van der Waals surface area contributed by atoms with Crippen molar-refractivity contribution in [3.8, 4) is 0 Å². The van der Waals surface area contributed by atoms with Crippen molar-refractivity contribution in [3.05, 3.63) is 0 Å². The Balaban J connectivity index is 3.86. The summed E-state index contributed by atoms with van der Waals surface area (Å²) in [4.78, 5) is 23.0. The molecule has 0 rings (SSSR count). The fraction of sp³-hybridized carbons (Fsp3) is 0.833. The van der Waals surface area contributed by atoms with Crippen LogP contribution in [0.3, 0.4) is 0 Å². The van der Waals surface area contributed by atoms with Crippen LogP contribution in [0, 0.1) is 0 Å². The molecule has 0 fully saturated rings. The molecule has 0 aromatic heterocycles. The predicted octanol–water partition coefficient (Wildman–Crippen LogP) is 2.79. The van der Waals surface area contributed by atoms with E-state index >= 15 is 0 Å². The maximum absolute atomic E-state index is 11.5. The fourth-order valence-corrected chi connectivity index (χ4v) is 2.73. The summed E-state index contributed by atoms with van der Waals surface area (Å²) in [5.74, 6) is 2.26. The van der Waals surface area contributed by atoms with Gasteiger partial charge in [0.2, 0.25) is 0 Å². The standard InChI is InChI=1S/C12H20Cl2O4S2/c1-9(17-11(15)7-19-5-3-13)10(2)18-12(16)8-20-6-4-14/h9-10H,3-8H2,1-2H3. The van der Waals surface area contributed by atoms with Crippen molar-refractivity contribution in [3.63, 3.8) is 0 Å². The van der Waals surface area contributed by atoms with E-state index in [0.717, 1.165) is 0 Å². The van der Waals surface area contributed by atoms with E-state index in [0.29, 0.717) is 23.3 Å². The first-order chi connectivity index (χ1) is 9.51. The van der Waals surface area contributed by atoms with Crippen molar-refractivity contribution in [2.45, 2.75) is 26.1 Å². The summed E-state index contributed by atoms with van der Waals surface area (Å²) in [7, 11) is 0. The van der Waals surface area contributed by atoms with Gasteiger partial charge in [0.15, 0.2) is 0 Å². The number of esters is 2. The summed E-state index contributed by atoms with van der Waals surface area (Å²) in [6.45, 7) is 3.40. The first-order valence-electron chi connectivity index (χ1n) is 6.17. The van der Waals surface area contributed by atoms with Crippen LogP contribution in [-0.2, 0) is 19.1 Å². The molecule has 8 heteroatoms. The quantitative estimate of drug-likeness (QED) is 0.320. The van der Waals surface area contributed by atoms with Crippen molar-refractivity contribution >= 4 is 58.7 Å². The topological polar surface area (TPSA) is 52.6 Å². The number of alkyl halides is 2. The minimum atomic E-state index is -0.471. The van der Waals surface area contributed by atoms with Gasteiger partial charge in [0.25, 0.3) is 0 Å². The summed E-state index contributed by atoms with van der Waals surface area (Å²) in [6.07, 6.45) is -0.942. The summed E-state index contributed by atoms with van der Waals surface area (Å²) < 4.78 is 10.4. The van der Waals surface area contributed by atoms with Gasteiger partial charge in [-0.15, -0.1) is 46.7 Å². The third-order valence-electron chi connectivity index (χ3n) is 2.18. The van der Waals surface area contributed by atoms with Crippen LogP contribution in [0.5, 0.6) is 0 Å². The fourth-order valence-electron chi connectivity index (χ4n) is 1.09. The van der Waals surface area contributed by atoms with Crippen molar-refractivity contribution in [1.82, 2.24) is 0 Å². The lowest BCUT2D eigenvalue weighted by Crippen LogP contribution is -2.31. The van der Waals surface area contributed by atoms with E-state index in [-0.39, 0.29) is 23.4 Å². The van der Waals surface area contributed by atoms with Gasteiger partial charge in [0.05, 0.1) is 11.5 Å². The van der Waals surface area contributed by atoms with E-state index in [1.807, 2.05) is 0 Å². The van der Waals surface area contributed by atoms with E-state index < -0.39 is 12.2 Å². The third kappa shape index (κ3) is 10.9. The molecule has 0 heterocycles. The number of rotatable bonds is 11. The lowest BCUT2D eigenvalue weighted by Gasteiger charge is -2.20. The molecule has 118 valence electrons. The molecule has 0 aliphatic heterocycles. The van der Waals surface area contributed by atoms with Crippen LogP contribution in [-0.4, -0.2) is 58.9 Å². The Morgan fingerprint density at radius 3 is 1.55 bits per heavy atom. The van der Waals surface area contributed by atoms with Crippen LogP contribution in [0.4, 0.5) is 0 Å². The summed E-state index contributed by atoms with van der Waals surface area (Å²) in [5, 5.41) is 0. The second kappa shape index (κ2) is 12.9. The Hall–Kier alpha value is 0.220. The molecule has 0 aliphatic carbocycles. The van der Waals surface area contributed by atoms with Crippen molar-refractivity contribution in [2.24, 2.45) is 0 Å². The number of ether oxygens (including phenoxy) is 2. The number of carbonyl (C=O) groups excluding carboxylic acids is 2. The zero-order valence-electron chi connectivity index (χ0n) is 11.6. The Labute approximate surface area is 138 Å². The summed E-state index contributed by atoms with van der Waals surface area (Å²) in [5.41, 5.74) is 0. The van der Waals surface area contributed by atoms with Crippen LogP contribution in [0.1, 0.15) is 13.8 Å². The maximum Gasteiger partial charge on any atom is 0.316 e. The highest BCUT2D eigenvalue weighted by atomic mass is 35.5. The normalized spacial score (nSPS) is 13.6. The van der Waals surface area contributed by atoms with Gasteiger partial charge >= 0.3 is 11.9 Å². The van der Waals surface area contributed by atoms with Crippen molar-refractivity contribution in [2.75, 3.05) is 34.8 Å². The Kier molecular flexibility index (Phi) is 13.1. The minimum absolute atomic E-state index is 0.253. The molecule has 0 bridgehead atoms. The van der Waals surface area contributed by atoms with E-state index in [2.05, 4.69) is 0 Å². The zero-order valence-corrected chi connectivity index (χ0v) is 14.7. The maximum atomic E-state index is 11.5. The minimum Gasteiger partial charge on any atom is -0.458 e. The second-order valence-electron chi connectivity index (χ2n) is 3.87.